The summed E-state index contributed by atoms with van der Waals surface area (Å²) in [6.45, 7) is 0. The predicted molar refractivity (Wildman–Crippen MR) is 80.7 cm³/mol. The molecule has 0 radical (unpaired) electrons. The summed E-state index contributed by atoms with van der Waals surface area (Å²) in [5.74, 6) is 1.55. The van der Waals surface area contributed by atoms with Gasteiger partial charge >= 0.3 is 0 Å². The fourth-order valence-corrected chi connectivity index (χ4v) is 3.39. The van der Waals surface area contributed by atoms with Crippen LogP contribution in [-0.4, -0.2) is 7.11 Å². The second-order valence-electron chi connectivity index (χ2n) is 5.46. The van der Waals surface area contributed by atoms with E-state index < -0.39 is 0 Å². The Labute approximate surface area is 114 Å². The van der Waals surface area contributed by atoms with Gasteiger partial charge in [0.05, 0.1) is 7.11 Å². The highest BCUT2D eigenvalue weighted by atomic mass is 16.5. The molecule has 3 rings (SSSR count). The number of nitrogen functional groups attached to an aromatic ring is 1. The second kappa shape index (κ2) is 5.12. The van der Waals surface area contributed by atoms with Crippen LogP contribution in [0.4, 0.5) is 5.69 Å². The van der Waals surface area contributed by atoms with E-state index in [1.807, 2.05) is 12.1 Å². The maximum absolute atomic E-state index is 6.27. The van der Waals surface area contributed by atoms with Gasteiger partial charge in [-0.1, -0.05) is 31.4 Å². The number of methoxy groups -OCH3 is 1. The van der Waals surface area contributed by atoms with Crippen LogP contribution in [-0.2, 0) is 0 Å². The Kier molecular flexibility index (Phi) is 3.33. The average Bonchev–Trinajstić information content (AvgIpc) is 2.47. The van der Waals surface area contributed by atoms with Crippen LogP contribution in [0.25, 0.3) is 10.8 Å². The SMILES string of the molecule is COc1cccc2c(C3CCCCC3)c(N)ccc12. The van der Waals surface area contributed by atoms with Crippen LogP contribution in [0.2, 0.25) is 0 Å². The monoisotopic (exact) mass is 255 g/mol. The lowest BCUT2D eigenvalue weighted by atomic mass is 9.81. The molecule has 2 nitrogen and oxygen atoms in total. The number of ether oxygens (including phenoxy) is 1. The number of hydrogen-bond donors (Lipinski definition) is 1. The van der Waals surface area contributed by atoms with E-state index in [4.69, 9.17) is 10.5 Å². The lowest BCUT2D eigenvalue weighted by Gasteiger charge is -2.25. The smallest absolute Gasteiger partial charge is 0.126 e. The molecule has 2 heteroatoms. The molecule has 0 heterocycles. The van der Waals surface area contributed by atoms with Gasteiger partial charge in [0, 0.05) is 11.1 Å². The molecule has 0 aromatic heterocycles. The van der Waals surface area contributed by atoms with Gasteiger partial charge in [0.2, 0.25) is 0 Å². The van der Waals surface area contributed by atoms with Crippen LogP contribution in [0.5, 0.6) is 5.75 Å². The maximum Gasteiger partial charge on any atom is 0.126 e. The number of fused-ring (bicyclic) bond motifs is 1. The summed E-state index contributed by atoms with van der Waals surface area (Å²) in [6, 6.07) is 10.4. The first kappa shape index (κ1) is 12.3. The van der Waals surface area contributed by atoms with Crippen molar-refractivity contribution in [3.8, 4) is 5.75 Å². The summed E-state index contributed by atoms with van der Waals surface area (Å²) in [5, 5.41) is 2.45. The van der Waals surface area contributed by atoms with Crippen molar-refractivity contribution in [2.75, 3.05) is 12.8 Å². The van der Waals surface area contributed by atoms with Gasteiger partial charge in [-0.25, -0.2) is 0 Å². The highest BCUT2D eigenvalue weighted by Crippen LogP contribution is 2.41. The highest BCUT2D eigenvalue weighted by molar-refractivity contribution is 5.94. The quantitative estimate of drug-likeness (QED) is 0.803. The van der Waals surface area contributed by atoms with Crippen LogP contribution in [0, 0.1) is 0 Å². The molecule has 0 aliphatic heterocycles. The van der Waals surface area contributed by atoms with Gasteiger partial charge in [0.15, 0.2) is 0 Å². The van der Waals surface area contributed by atoms with Gasteiger partial charge in [-0.15, -0.1) is 0 Å². The van der Waals surface area contributed by atoms with E-state index in [-0.39, 0.29) is 0 Å². The average molecular weight is 255 g/mol. The van der Waals surface area contributed by atoms with E-state index in [1.54, 1.807) is 7.11 Å². The fraction of sp³-hybridized carbons (Fsp3) is 0.412. The van der Waals surface area contributed by atoms with Gasteiger partial charge in [-0.2, -0.15) is 0 Å². The van der Waals surface area contributed by atoms with Crippen LogP contribution in [0.1, 0.15) is 43.6 Å². The van der Waals surface area contributed by atoms with Crippen LogP contribution < -0.4 is 10.5 Å². The molecule has 2 N–H and O–H groups in total. The Bertz CT molecular complexity index is 585. The van der Waals surface area contributed by atoms with Gasteiger partial charge in [0.25, 0.3) is 0 Å². The third-order valence-corrected chi connectivity index (χ3v) is 4.33. The number of hydrogen-bond acceptors (Lipinski definition) is 2. The second-order valence-corrected chi connectivity index (χ2v) is 5.46. The Morgan fingerprint density at radius 1 is 1.00 bits per heavy atom. The molecule has 100 valence electrons. The van der Waals surface area contributed by atoms with Gasteiger partial charge in [-0.05, 0) is 47.9 Å². The molecule has 2 aromatic carbocycles. The summed E-state index contributed by atoms with van der Waals surface area (Å²) in [4.78, 5) is 0. The molecule has 1 aliphatic rings. The minimum Gasteiger partial charge on any atom is -0.496 e. The highest BCUT2D eigenvalue weighted by Gasteiger charge is 2.20. The molecule has 1 saturated carbocycles. The third kappa shape index (κ3) is 2.16. The molecule has 0 amide bonds. The summed E-state index contributed by atoms with van der Waals surface area (Å²) < 4.78 is 5.47. The lowest BCUT2D eigenvalue weighted by Crippen LogP contribution is -2.08. The Morgan fingerprint density at radius 3 is 2.53 bits per heavy atom. The topological polar surface area (TPSA) is 35.2 Å². The van der Waals surface area contributed by atoms with Crippen molar-refractivity contribution in [2.24, 2.45) is 0 Å². The first-order valence-electron chi connectivity index (χ1n) is 7.16. The summed E-state index contributed by atoms with van der Waals surface area (Å²) in [7, 11) is 1.73. The Balaban J connectivity index is 2.18. The van der Waals surface area contributed by atoms with Crippen LogP contribution >= 0.6 is 0 Å². The summed E-state index contributed by atoms with van der Waals surface area (Å²) in [6.07, 6.45) is 6.54. The molecule has 0 unspecified atom stereocenters. The maximum atomic E-state index is 6.27. The molecular formula is C17H21NO. The van der Waals surface area contributed by atoms with Crippen LogP contribution in [0.15, 0.2) is 30.3 Å². The molecule has 1 aliphatic carbocycles. The van der Waals surface area contributed by atoms with Crippen molar-refractivity contribution in [1.29, 1.82) is 0 Å². The number of benzene rings is 2. The lowest BCUT2D eigenvalue weighted by molar-refractivity contribution is 0.419. The first-order chi connectivity index (χ1) is 9.31. The zero-order valence-corrected chi connectivity index (χ0v) is 11.5. The molecular weight excluding hydrogens is 234 g/mol. The molecule has 2 aromatic rings. The van der Waals surface area contributed by atoms with Gasteiger partial charge < -0.3 is 10.5 Å². The van der Waals surface area contributed by atoms with E-state index in [1.165, 1.54) is 48.4 Å². The largest absolute Gasteiger partial charge is 0.496 e. The van der Waals surface area contributed by atoms with E-state index >= 15 is 0 Å². The van der Waals surface area contributed by atoms with Crippen molar-refractivity contribution in [2.45, 2.75) is 38.0 Å². The van der Waals surface area contributed by atoms with E-state index in [9.17, 15) is 0 Å². The van der Waals surface area contributed by atoms with E-state index in [0.717, 1.165) is 11.4 Å². The zero-order valence-electron chi connectivity index (χ0n) is 11.5. The predicted octanol–water partition coefficient (Wildman–Crippen LogP) is 4.48. The normalized spacial score (nSPS) is 16.7. The van der Waals surface area contributed by atoms with Crippen molar-refractivity contribution < 1.29 is 4.74 Å². The minimum absolute atomic E-state index is 0.615. The summed E-state index contributed by atoms with van der Waals surface area (Å²) >= 11 is 0. The standard InChI is InChI=1S/C17H21NO/c1-19-16-9-5-8-14-13(16)10-11-15(18)17(14)12-6-3-2-4-7-12/h5,8-12H,2-4,6-7,18H2,1H3. The number of anilines is 1. The van der Waals surface area contributed by atoms with Gasteiger partial charge in [0.1, 0.15) is 5.75 Å². The molecule has 19 heavy (non-hydrogen) atoms. The first-order valence-corrected chi connectivity index (χ1v) is 7.16. The van der Waals surface area contributed by atoms with Crippen LogP contribution in [0.3, 0.4) is 0 Å². The molecule has 1 fully saturated rings. The summed E-state index contributed by atoms with van der Waals surface area (Å²) in [5.41, 5.74) is 8.55. The minimum atomic E-state index is 0.615. The van der Waals surface area contributed by atoms with Crippen molar-refractivity contribution in [3.05, 3.63) is 35.9 Å². The Morgan fingerprint density at radius 2 is 1.79 bits per heavy atom. The van der Waals surface area contributed by atoms with Crippen molar-refractivity contribution in [3.63, 3.8) is 0 Å². The van der Waals surface area contributed by atoms with E-state index in [0.29, 0.717) is 5.92 Å². The van der Waals surface area contributed by atoms with E-state index in [2.05, 4.69) is 18.2 Å². The van der Waals surface area contributed by atoms with Gasteiger partial charge in [-0.3, -0.25) is 0 Å². The molecule has 0 spiro atoms. The molecule has 0 saturated heterocycles. The van der Waals surface area contributed by atoms with Crippen molar-refractivity contribution in [1.82, 2.24) is 0 Å². The Hall–Kier alpha value is -1.70. The fourth-order valence-electron chi connectivity index (χ4n) is 3.39. The zero-order chi connectivity index (χ0) is 13.2. The number of nitrogens with two attached hydrogens (primary N) is 1. The third-order valence-electron chi connectivity index (χ3n) is 4.33. The van der Waals surface area contributed by atoms with Crippen molar-refractivity contribution >= 4 is 16.5 Å². The molecule has 0 bridgehead atoms. The molecule has 0 atom stereocenters. The number of rotatable bonds is 2.